The molecule has 0 radical (unpaired) electrons. The number of carbonyl (C=O) groups excluding carboxylic acids is 2. The predicted octanol–water partition coefficient (Wildman–Crippen LogP) is 4.40. The van der Waals surface area contributed by atoms with Crippen molar-refractivity contribution in [1.82, 2.24) is 10.2 Å². The molecule has 2 amide bonds. The second-order valence-corrected chi connectivity index (χ2v) is 8.89. The molecule has 8 heteroatoms. The molecule has 1 aliphatic rings. The first-order valence-corrected chi connectivity index (χ1v) is 10.1. The Morgan fingerprint density at radius 2 is 2.15 bits per heavy atom. The summed E-state index contributed by atoms with van der Waals surface area (Å²) in [6.07, 6.45) is 1.10. The smallest absolute Gasteiger partial charge is 0.231 e. The summed E-state index contributed by atoms with van der Waals surface area (Å²) in [4.78, 5) is 26.5. The largest absolute Gasteiger partial charge is 0.312 e. The van der Waals surface area contributed by atoms with Gasteiger partial charge >= 0.3 is 0 Å². The van der Waals surface area contributed by atoms with E-state index in [4.69, 9.17) is 11.6 Å². The van der Waals surface area contributed by atoms with E-state index in [1.165, 1.54) is 11.3 Å². The van der Waals surface area contributed by atoms with E-state index in [0.29, 0.717) is 23.1 Å². The Labute approximate surface area is 167 Å². The normalized spacial score (nSPS) is 17.4. The third kappa shape index (κ3) is 4.14. The molecular formula is C19H23ClN4O2S. The molecule has 1 fully saturated rings. The van der Waals surface area contributed by atoms with Gasteiger partial charge in [-0.3, -0.25) is 9.59 Å². The van der Waals surface area contributed by atoms with Gasteiger partial charge in [0.05, 0.1) is 0 Å². The summed E-state index contributed by atoms with van der Waals surface area (Å²) in [5, 5.41) is 13.0. The van der Waals surface area contributed by atoms with Crippen LogP contribution < -0.4 is 10.2 Å². The van der Waals surface area contributed by atoms with Gasteiger partial charge in [0.2, 0.25) is 16.9 Å². The number of rotatable bonds is 5. The fourth-order valence-electron chi connectivity index (χ4n) is 2.75. The van der Waals surface area contributed by atoms with Gasteiger partial charge in [-0.05, 0) is 31.0 Å². The zero-order valence-corrected chi connectivity index (χ0v) is 17.4. The number of carbonyl (C=O) groups is 2. The highest BCUT2D eigenvalue weighted by molar-refractivity contribution is 7.15. The summed E-state index contributed by atoms with van der Waals surface area (Å²) in [6.45, 7) is 8.22. The third-order valence-corrected chi connectivity index (χ3v) is 6.51. The number of amides is 2. The second kappa shape index (κ2) is 7.56. The quantitative estimate of drug-likeness (QED) is 0.798. The second-order valence-electron chi connectivity index (χ2n) is 7.48. The molecule has 0 aliphatic carbocycles. The number of hydrogen-bond donors (Lipinski definition) is 1. The molecule has 27 heavy (non-hydrogen) atoms. The van der Waals surface area contributed by atoms with Crippen LogP contribution in [0.25, 0.3) is 0 Å². The van der Waals surface area contributed by atoms with Crippen LogP contribution in [0.15, 0.2) is 18.2 Å². The highest BCUT2D eigenvalue weighted by atomic mass is 35.5. The van der Waals surface area contributed by atoms with Gasteiger partial charge in [0.1, 0.15) is 5.01 Å². The van der Waals surface area contributed by atoms with Gasteiger partial charge in [0.15, 0.2) is 0 Å². The standard InChI is InChI=1S/C19H23ClN4O2S/c1-5-19(3,4)17(26)21-18-23-22-16(27-18)12-8-15(25)24(10-12)13-7-6-11(2)14(20)9-13/h6-7,9,12H,5,8,10H2,1-4H3,(H,21,23,26)/t12-/m1/s1. The molecule has 1 aliphatic heterocycles. The molecule has 1 aromatic heterocycles. The first-order chi connectivity index (χ1) is 12.7. The molecule has 0 saturated carbocycles. The average Bonchev–Trinajstić information content (AvgIpc) is 3.24. The number of nitrogens with one attached hydrogen (secondary N) is 1. The van der Waals surface area contributed by atoms with Crippen LogP contribution in [0.1, 0.15) is 50.1 Å². The fraction of sp³-hybridized carbons (Fsp3) is 0.474. The van der Waals surface area contributed by atoms with Crippen LogP contribution in [0, 0.1) is 12.3 Å². The number of nitrogens with zero attached hydrogens (tertiary/aromatic N) is 3. The summed E-state index contributed by atoms with van der Waals surface area (Å²) in [5.41, 5.74) is 1.31. The molecular weight excluding hydrogens is 384 g/mol. The summed E-state index contributed by atoms with van der Waals surface area (Å²) in [6, 6.07) is 5.63. The van der Waals surface area contributed by atoms with E-state index >= 15 is 0 Å². The lowest BCUT2D eigenvalue weighted by molar-refractivity contribution is -0.124. The number of anilines is 2. The predicted molar refractivity (Wildman–Crippen MR) is 109 cm³/mol. The minimum Gasteiger partial charge on any atom is -0.312 e. The van der Waals surface area contributed by atoms with Crippen molar-refractivity contribution in [2.45, 2.75) is 46.5 Å². The van der Waals surface area contributed by atoms with E-state index in [1.807, 2.05) is 45.9 Å². The molecule has 3 rings (SSSR count). The van der Waals surface area contributed by atoms with E-state index in [2.05, 4.69) is 15.5 Å². The minimum atomic E-state index is -0.462. The topological polar surface area (TPSA) is 75.2 Å². The van der Waals surface area contributed by atoms with Crippen LogP contribution in [-0.4, -0.2) is 28.6 Å². The number of aromatic nitrogens is 2. The number of aryl methyl sites for hydroxylation is 1. The Morgan fingerprint density at radius 1 is 1.41 bits per heavy atom. The highest BCUT2D eigenvalue weighted by Gasteiger charge is 2.34. The van der Waals surface area contributed by atoms with Crippen molar-refractivity contribution < 1.29 is 9.59 Å². The molecule has 0 spiro atoms. The van der Waals surface area contributed by atoms with Gasteiger partial charge in [-0.2, -0.15) is 0 Å². The first-order valence-electron chi connectivity index (χ1n) is 8.92. The summed E-state index contributed by atoms with van der Waals surface area (Å²) < 4.78 is 0. The molecule has 0 unspecified atom stereocenters. The Balaban J connectivity index is 1.71. The molecule has 144 valence electrons. The zero-order chi connectivity index (χ0) is 19.8. The lowest BCUT2D eigenvalue weighted by Crippen LogP contribution is -2.29. The first kappa shape index (κ1) is 19.8. The molecule has 1 aromatic carbocycles. The fourth-order valence-corrected chi connectivity index (χ4v) is 3.75. The number of hydrogen-bond acceptors (Lipinski definition) is 5. The maximum absolute atomic E-state index is 12.5. The molecule has 2 aromatic rings. The zero-order valence-electron chi connectivity index (χ0n) is 15.9. The van der Waals surface area contributed by atoms with Gasteiger partial charge in [0.25, 0.3) is 0 Å². The van der Waals surface area contributed by atoms with Gasteiger partial charge in [-0.15, -0.1) is 10.2 Å². The third-order valence-electron chi connectivity index (χ3n) is 5.10. The lowest BCUT2D eigenvalue weighted by Gasteiger charge is -2.20. The minimum absolute atomic E-state index is 0.0350. The average molecular weight is 407 g/mol. The van der Waals surface area contributed by atoms with E-state index in [9.17, 15) is 9.59 Å². The highest BCUT2D eigenvalue weighted by Crippen LogP contribution is 2.35. The van der Waals surface area contributed by atoms with Crippen LogP contribution >= 0.6 is 22.9 Å². The summed E-state index contributed by atoms with van der Waals surface area (Å²) in [7, 11) is 0. The van der Waals surface area contributed by atoms with Crippen LogP contribution in [0.2, 0.25) is 5.02 Å². The van der Waals surface area contributed by atoms with Crippen LogP contribution in [0.5, 0.6) is 0 Å². The van der Waals surface area contributed by atoms with Crippen molar-refractivity contribution in [3.63, 3.8) is 0 Å². The van der Waals surface area contributed by atoms with Crippen molar-refractivity contribution in [3.8, 4) is 0 Å². The number of halogens is 1. The van der Waals surface area contributed by atoms with Crippen molar-refractivity contribution in [3.05, 3.63) is 33.8 Å². The van der Waals surface area contributed by atoms with Crippen molar-refractivity contribution in [2.75, 3.05) is 16.8 Å². The van der Waals surface area contributed by atoms with Crippen LogP contribution in [0.3, 0.4) is 0 Å². The van der Waals surface area contributed by atoms with E-state index in [0.717, 1.165) is 22.7 Å². The maximum Gasteiger partial charge on any atom is 0.231 e. The Kier molecular flexibility index (Phi) is 5.53. The molecule has 6 nitrogen and oxygen atoms in total. The molecule has 1 atom stereocenters. The van der Waals surface area contributed by atoms with Gasteiger partial charge in [-0.25, -0.2) is 0 Å². The van der Waals surface area contributed by atoms with Gasteiger partial charge in [0, 0.05) is 35.0 Å². The van der Waals surface area contributed by atoms with E-state index in [-0.39, 0.29) is 17.7 Å². The van der Waals surface area contributed by atoms with Crippen molar-refractivity contribution in [1.29, 1.82) is 0 Å². The van der Waals surface area contributed by atoms with Crippen LogP contribution in [-0.2, 0) is 9.59 Å². The monoisotopic (exact) mass is 406 g/mol. The number of benzene rings is 1. The maximum atomic E-state index is 12.5. The molecule has 0 bridgehead atoms. The Bertz CT molecular complexity index is 880. The van der Waals surface area contributed by atoms with Crippen LogP contribution in [0.4, 0.5) is 10.8 Å². The molecule has 2 heterocycles. The van der Waals surface area contributed by atoms with Gasteiger partial charge in [-0.1, -0.05) is 49.8 Å². The van der Waals surface area contributed by atoms with E-state index < -0.39 is 5.41 Å². The Hall–Kier alpha value is -1.99. The summed E-state index contributed by atoms with van der Waals surface area (Å²) >= 11 is 7.53. The molecule has 1 N–H and O–H groups in total. The van der Waals surface area contributed by atoms with Gasteiger partial charge < -0.3 is 10.2 Å². The van der Waals surface area contributed by atoms with Crippen molar-refractivity contribution >= 4 is 45.6 Å². The molecule has 1 saturated heterocycles. The lowest BCUT2D eigenvalue weighted by atomic mass is 9.89. The van der Waals surface area contributed by atoms with Crippen molar-refractivity contribution in [2.24, 2.45) is 5.41 Å². The van der Waals surface area contributed by atoms with E-state index in [1.54, 1.807) is 4.90 Å². The SMILES string of the molecule is CCC(C)(C)C(=O)Nc1nnc([C@@H]2CC(=O)N(c3ccc(C)c(Cl)c3)C2)s1. The summed E-state index contributed by atoms with van der Waals surface area (Å²) in [5.74, 6) is -0.0844. The Morgan fingerprint density at radius 3 is 2.81 bits per heavy atom.